The van der Waals surface area contributed by atoms with Crippen LogP contribution < -0.4 is 11.5 Å². The van der Waals surface area contributed by atoms with Crippen LogP contribution in [0.5, 0.6) is 0 Å². The Labute approximate surface area is 197 Å². The Morgan fingerprint density at radius 2 is 1.79 bits per heavy atom. The van der Waals surface area contributed by atoms with Gasteiger partial charge < -0.3 is 30.4 Å². The second kappa shape index (κ2) is 9.74. The van der Waals surface area contributed by atoms with Gasteiger partial charge in [-0.1, -0.05) is 36.8 Å². The topological polar surface area (TPSA) is 117 Å². The fraction of sp³-hybridized carbons (Fsp3) is 0.667. The first-order chi connectivity index (χ1) is 15.3. The Morgan fingerprint density at radius 1 is 1.18 bits per heavy atom. The largest absolute Gasteiger partial charge is 0.459 e. The van der Waals surface area contributed by atoms with Crippen LogP contribution in [-0.2, 0) is 30.2 Å². The van der Waals surface area contributed by atoms with Crippen molar-refractivity contribution in [3.05, 3.63) is 35.9 Å². The fourth-order valence-corrected chi connectivity index (χ4v) is 4.48. The van der Waals surface area contributed by atoms with Crippen LogP contribution in [0.2, 0.25) is 6.32 Å². The zero-order valence-electron chi connectivity index (χ0n) is 20.5. The average molecular weight is 459 g/mol. The van der Waals surface area contributed by atoms with Gasteiger partial charge in [0.2, 0.25) is 5.91 Å². The fourth-order valence-electron chi connectivity index (χ4n) is 4.48. The van der Waals surface area contributed by atoms with E-state index in [0.717, 1.165) is 5.56 Å². The lowest BCUT2D eigenvalue weighted by atomic mass is 9.74. The molecule has 8 nitrogen and oxygen atoms in total. The predicted octanol–water partition coefficient (Wildman–Crippen LogP) is 2.11. The van der Waals surface area contributed by atoms with E-state index in [1.54, 1.807) is 11.8 Å². The third-order valence-corrected chi connectivity index (χ3v) is 7.04. The minimum absolute atomic E-state index is 0.00486. The molecule has 0 bridgehead atoms. The van der Waals surface area contributed by atoms with Crippen molar-refractivity contribution < 1.29 is 23.6 Å². The van der Waals surface area contributed by atoms with Gasteiger partial charge in [-0.3, -0.25) is 4.79 Å². The van der Waals surface area contributed by atoms with E-state index >= 15 is 0 Å². The molecule has 2 saturated heterocycles. The first-order valence-electron chi connectivity index (χ1n) is 11.7. The zero-order valence-corrected chi connectivity index (χ0v) is 20.5. The SMILES string of the molecule is C[C@H](N)C(=O)N1C[C@@H](CCB2OC(C)(C)C(C)(C)O2)C[C@@](N)(C(=O)OCc2ccccc2)C1. The summed E-state index contributed by atoms with van der Waals surface area (Å²) in [6.45, 7) is 10.4. The maximum Gasteiger partial charge on any atom is 0.457 e. The third kappa shape index (κ3) is 5.95. The number of amides is 1. The molecule has 4 N–H and O–H groups in total. The van der Waals surface area contributed by atoms with Crippen LogP contribution in [-0.4, -0.2) is 59.8 Å². The quantitative estimate of drug-likeness (QED) is 0.474. The van der Waals surface area contributed by atoms with Crippen molar-refractivity contribution in [2.75, 3.05) is 13.1 Å². The van der Waals surface area contributed by atoms with Gasteiger partial charge in [0.25, 0.3) is 0 Å². The van der Waals surface area contributed by atoms with E-state index < -0.39 is 28.8 Å². The molecule has 1 aromatic rings. The summed E-state index contributed by atoms with van der Waals surface area (Å²) in [6.07, 6.45) is 1.76. The smallest absolute Gasteiger partial charge is 0.457 e. The molecule has 0 aliphatic carbocycles. The Hall–Kier alpha value is -1.94. The van der Waals surface area contributed by atoms with E-state index in [-0.39, 0.29) is 32.1 Å². The average Bonchev–Trinajstić information content (AvgIpc) is 2.96. The summed E-state index contributed by atoms with van der Waals surface area (Å²) in [5.41, 5.74) is 11.2. The lowest BCUT2D eigenvalue weighted by Gasteiger charge is -2.43. The van der Waals surface area contributed by atoms with E-state index in [4.69, 9.17) is 25.5 Å². The molecule has 9 heteroatoms. The van der Waals surface area contributed by atoms with E-state index in [9.17, 15) is 9.59 Å². The number of esters is 1. The Kier molecular flexibility index (Phi) is 7.58. The second-order valence-electron chi connectivity index (χ2n) is 10.6. The van der Waals surface area contributed by atoms with Crippen molar-refractivity contribution in [2.45, 2.75) is 83.2 Å². The van der Waals surface area contributed by atoms with Crippen molar-refractivity contribution in [3.8, 4) is 0 Å². The van der Waals surface area contributed by atoms with Gasteiger partial charge in [-0.15, -0.1) is 0 Å². The normalized spacial score (nSPS) is 27.3. The van der Waals surface area contributed by atoms with Crippen LogP contribution in [0.4, 0.5) is 0 Å². The van der Waals surface area contributed by atoms with Crippen LogP contribution in [0.15, 0.2) is 30.3 Å². The number of piperidine rings is 1. The molecule has 1 aromatic carbocycles. The molecule has 3 atom stereocenters. The first kappa shape index (κ1) is 25.7. The number of carbonyl (C=O) groups is 2. The lowest BCUT2D eigenvalue weighted by Crippen LogP contribution is -2.64. The van der Waals surface area contributed by atoms with Gasteiger partial charge in [0.05, 0.1) is 17.2 Å². The van der Waals surface area contributed by atoms with E-state index in [1.165, 1.54) is 0 Å². The van der Waals surface area contributed by atoms with Crippen LogP contribution in [0.25, 0.3) is 0 Å². The van der Waals surface area contributed by atoms with Gasteiger partial charge in [0.15, 0.2) is 0 Å². The van der Waals surface area contributed by atoms with Crippen LogP contribution in [0.3, 0.4) is 0 Å². The van der Waals surface area contributed by atoms with Crippen molar-refractivity contribution in [1.29, 1.82) is 0 Å². The highest BCUT2D eigenvalue weighted by Crippen LogP contribution is 2.39. The van der Waals surface area contributed by atoms with Crippen molar-refractivity contribution in [2.24, 2.45) is 17.4 Å². The molecule has 2 aliphatic heterocycles. The van der Waals surface area contributed by atoms with E-state index in [0.29, 0.717) is 25.7 Å². The van der Waals surface area contributed by atoms with Crippen LogP contribution in [0.1, 0.15) is 53.0 Å². The summed E-state index contributed by atoms with van der Waals surface area (Å²) in [4.78, 5) is 27.4. The molecule has 3 rings (SSSR count). The number of hydrogen-bond acceptors (Lipinski definition) is 7. The van der Waals surface area contributed by atoms with Gasteiger partial charge in [-0.05, 0) is 58.8 Å². The molecule has 2 heterocycles. The molecule has 33 heavy (non-hydrogen) atoms. The van der Waals surface area contributed by atoms with Crippen LogP contribution >= 0.6 is 0 Å². The summed E-state index contributed by atoms with van der Waals surface area (Å²) in [5, 5.41) is 0. The lowest BCUT2D eigenvalue weighted by molar-refractivity contribution is -0.156. The van der Waals surface area contributed by atoms with E-state index in [1.807, 2.05) is 58.0 Å². The minimum atomic E-state index is -1.29. The maximum atomic E-state index is 13.0. The molecule has 0 radical (unpaired) electrons. The van der Waals surface area contributed by atoms with Gasteiger partial charge in [-0.2, -0.15) is 0 Å². The molecule has 0 aromatic heterocycles. The number of benzene rings is 1. The summed E-state index contributed by atoms with van der Waals surface area (Å²) in [7, 11) is -0.341. The highest BCUT2D eigenvalue weighted by atomic mass is 16.7. The zero-order chi connectivity index (χ0) is 24.4. The highest BCUT2D eigenvalue weighted by Gasteiger charge is 2.51. The van der Waals surface area contributed by atoms with Crippen molar-refractivity contribution >= 4 is 19.0 Å². The van der Waals surface area contributed by atoms with Gasteiger partial charge in [0, 0.05) is 13.1 Å². The van der Waals surface area contributed by atoms with E-state index in [2.05, 4.69) is 0 Å². The molecule has 0 unspecified atom stereocenters. The Balaban J connectivity index is 1.67. The predicted molar refractivity (Wildman–Crippen MR) is 127 cm³/mol. The van der Waals surface area contributed by atoms with Gasteiger partial charge in [0.1, 0.15) is 12.1 Å². The summed E-state index contributed by atoms with van der Waals surface area (Å²) in [5.74, 6) is -0.732. The van der Waals surface area contributed by atoms with Crippen molar-refractivity contribution in [1.82, 2.24) is 4.90 Å². The molecule has 2 aliphatic rings. The number of carbonyl (C=O) groups excluding carboxylic acids is 2. The summed E-state index contributed by atoms with van der Waals surface area (Å²) in [6, 6.07) is 8.77. The number of hydrogen-bond donors (Lipinski definition) is 2. The third-order valence-electron chi connectivity index (χ3n) is 7.04. The number of nitrogens with two attached hydrogens (primary N) is 2. The monoisotopic (exact) mass is 459 g/mol. The number of likely N-dealkylation sites (tertiary alicyclic amines) is 1. The number of rotatable bonds is 7. The molecular weight excluding hydrogens is 421 g/mol. The summed E-state index contributed by atoms with van der Waals surface area (Å²) >= 11 is 0. The molecule has 0 saturated carbocycles. The Morgan fingerprint density at radius 3 is 2.36 bits per heavy atom. The van der Waals surface area contributed by atoms with Crippen LogP contribution in [0, 0.1) is 5.92 Å². The molecular formula is C24H38BN3O5. The van der Waals surface area contributed by atoms with Crippen molar-refractivity contribution in [3.63, 3.8) is 0 Å². The first-order valence-corrected chi connectivity index (χ1v) is 11.7. The Bertz CT molecular complexity index is 832. The van der Waals surface area contributed by atoms with Gasteiger partial charge >= 0.3 is 13.1 Å². The molecule has 0 spiro atoms. The highest BCUT2D eigenvalue weighted by molar-refractivity contribution is 6.45. The maximum absolute atomic E-state index is 13.0. The molecule has 182 valence electrons. The minimum Gasteiger partial charge on any atom is -0.459 e. The second-order valence-corrected chi connectivity index (χ2v) is 10.6. The standard InChI is InChI=1S/C24H38BN3O5/c1-17(26)20(29)28-14-19(11-12-25-32-22(2,3)23(4,5)33-25)13-24(27,16-28)21(30)31-15-18-9-7-6-8-10-18/h6-10,17,19H,11-16,26-27H2,1-5H3/t17-,19-,24-/m0/s1. The number of ether oxygens (including phenoxy) is 1. The van der Waals surface area contributed by atoms with Gasteiger partial charge in [-0.25, -0.2) is 4.79 Å². The molecule has 1 amide bonds. The number of nitrogens with zero attached hydrogens (tertiary/aromatic N) is 1. The summed E-state index contributed by atoms with van der Waals surface area (Å²) < 4.78 is 17.8. The molecule has 2 fully saturated rings.